The lowest BCUT2D eigenvalue weighted by Gasteiger charge is -2.27. The van der Waals surface area contributed by atoms with E-state index in [4.69, 9.17) is 4.74 Å². The average molecular weight is 561 g/mol. The van der Waals surface area contributed by atoms with Gasteiger partial charge in [-0.15, -0.1) is 0 Å². The van der Waals surface area contributed by atoms with Crippen molar-refractivity contribution in [1.29, 1.82) is 0 Å². The molecule has 0 bridgehead atoms. The highest BCUT2D eigenvalue weighted by atomic mass is 16.6. The fourth-order valence-electron chi connectivity index (χ4n) is 5.63. The van der Waals surface area contributed by atoms with Gasteiger partial charge in [0.15, 0.2) is 0 Å². The molecule has 0 aromatic carbocycles. The van der Waals surface area contributed by atoms with Crippen LogP contribution in [0.2, 0.25) is 0 Å². The van der Waals surface area contributed by atoms with Gasteiger partial charge in [0.2, 0.25) is 0 Å². The Morgan fingerprint density at radius 2 is 1.15 bits per heavy atom. The van der Waals surface area contributed by atoms with Gasteiger partial charge in [-0.25, -0.2) is 0 Å². The van der Waals surface area contributed by atoms with Crippen molar-refractivity contribution in [3.8, 4) is 0 Å². The molecule has 0 fully saturated rings. The van der Waals surface area contributed by atoms with Crippen LogP contribution in [0.3, 0.4) is 0 Å². The minimum absolute atomic E-state index is 0.0560. The SMILES string of the molecule is C=CC(C)(CCCC(C)CCCC(C)CCCC(C)C)OC(=O)CCCCCCC/C=C\CCCCCCCC. The highest BCUT2D eigenvalue weighted by Gasteiger charge is 2.24. The Bertz CT molecular complexity index is 607. The Morgan fingerprint density at radius 1 is 0.675 bits per heavy atom. The van der Waals surface area contributed by atoms with Crippen LogP contribution >= 0.6 is 0 Å². The van der Waals surface area contributed by atoms with E-state index >= 15 is 0 Å². The first kappa shape index (κ1) is 39.0. The Kier molecular flexibility index (Phi) is 26.1. The van der Waals surface area contributed by atoms with Crippen LogP contribution in [0.4, 0.5) is 0 Å². The summed E-state index contributed by atoms with van der Waals surface area (Å²) >= 11 is 0. The fraction of sp³-hybridized carbons (Fsp3) is 0.868. The molecule has 0 aliphatic carbocycles. The van der Waals surface area contributed by atoms with Gasteiger partial charge < -0.3 is 4.74 Å². The van der Waals surface area contributed by atoms with Gasteiger partial charge >= 0.3 is 5.97 Å². The zero-order chi connectivity index (χ0) is 29.9. The molecule has 0 N–H and O–H groups in total. The van der Waals surface area contributed by atoms with Crippen molar-refractivity contribution in [3.63, 3.8) is 0 Å². The van der Waals surface area contributed by atoms with E-state index in [1.807, 2.05) is 13.0 Å². The van der Waals surface area contributed by atoms with Crippen molar-refractivity contribution in [2.24, 2.45) is 17.8 Å². The predicted molar refractivity (Wildman–Crippen MR) is 179 cm³/mol. The van der Waals surface area contributed by atoms with Crippen LogP contribution in [0.1, 0.15) is 189 Å². The summed E-state index contributed by atoms with van der Waals surface area (Å²) in [6.07, 6.45) is 35.0. The third-order valence-corrected chi connectivity index (χ3v) is 8.66. The molecule has 0 saturated heterocycles. The lowest BCUT2D eigenvalue weighted by atomic mass is 9.90. The summed E-state index contributed by atoms with van der Waals surface area (Å²) in [5.41, 5.74) is -0.524. The van der Waals surface area contributed by atoms with Crippen LogP contribution in [0.5, 0.6) is 0 Å². The predicted octanol–water partition coefficient (Wildman–Crippen LogP) is 13.0. The molecule has 0 saturated carbocycles. The summed E-state index contributed by atoms with van der Waals surface area (Å²) in [4.78, 5) is 12.5. The van der Waals surface area contributed by atoms with E-state index in [2.05, 4.69) is 53.3 Å². The largest absolute Gasteiger partial charge is 0.455 e. The summed E-state index contributed by atoms with van der Waals surface area (Å²) in [5.74, 6) is 2.37. The molecule has 0 aromatic heterocycles. The molecule has 0 heterocycles. The number of hydrogen-bond acceptors (Lipinski definition) is 2. The van der Waals surface area contributed by atoms with E-state index < -0.39 is 5.60 Å². The van der Waals surface area contributed by atoms with E-state index in [1.54, 1.807) is 0 Å². The Balaban J connectivity index is 3.81. The first-order chi connectivity index (χ1) is 19.2. The molecule has 2 heteroatoms. The summed E-state index contributed by atoms with van der Waals surface area (Å²) in [6.45, 7) is 17.7. The number of rotatable bonds is 29. The zero-order valence-electron chi connectivity index (χ0n) is 28.3. The van der Waals surface area contributed by atoms with Crippen molar-refractivity contribution in [1.82, 2.24) is 0 Å². The monoisotopic (exact) mass is 561 g/mol. The highest BCUT2D eigenvalue weighted by Crippen LogP contribution is 2.26. The van der Waals surface area contributed by atoms with Crippen molar-refractivity contribution in [2.45, 2.75) is 195 Å². The highest BCUT2D eigenvalue weighted by molar-refractivity contribution is 5.70. The van der Waals surface area contributed by atoms with Gasteiger partial charge in [-0.2, -0.15) is 0 Å². The normalized spacial score (nSPS) is 14.9. The Morgan fingerprint density at radius 3 is 1.68 bits per heavy atom. The number of unbranched alkanes of at least 4 members (excludes halogenated alkanes) is 11. The second kappa shape index (κ2) is 26.8. The molecule has 0 aliphatic heterocycles. The molecule has 40 heavy (non-hydrogen) atoms. The second-order valence-electron chi connectivity index (χ2n) is 13.7. The summed E-state index contributed by atoms with van der Waals surface area (Å²) in [5, 5.41) is 0. The molecule has 0 radical (unpaired) electrons. The maximum Gasteiger partial charge on any atom is 0.306 e. The summed E-state index contributed by atoms with van der Waals surface area (Å²) in [6, 6.07) is 0. The van der Waals surface area contributed by atoms with Crippen molar-refractivity contribution >= 4 is 5.97 Å². The van der Waals surface area contributed by atoms with Gasteiger partial charge in [-0.3, -0.25) is 4.79 Å². The molecular formula is C38H72O2. The molecule has 0 spiro atoms. The first-order valence-corrected chi connectivity index (χ1v) is 17.7. The quantitative estimate of drug-likeness (QED) is 0.0516. The smallest absolute Gasteiger partial charge is 0.306 e. The van der Waals surface area contributed by atoms with Crippen LogP contribution in [0, 0.1) is 17.8 Å². The molecule has 0 aliphatic rings. The molecule has 0 rings (SSSR count). The van der Waals surface area contributed by atoms with E-state index in [1.165, 1.54) is 116 Å². The summed E-state index contributed by atoms with van der Waals surface area (Å²) < 4.78 is 5.89. The van der Waals surface area contributed by atoms with Gasteiger partial charge in [-0.1, -0.05) is 150 Å². The van der Waals surface area contributed by atoms with Crippen LogP contribution in [-0.4, -0.2) is 11.6 Å². The van der Waals surface area contributed by atoms with E-state index in [0.29, 0.717) is 6.42 Å². The zero-order valence-corrected chi connectivity index (χ0v) is 28.3. The Hall–Kier alpha value is -1.05. The maximum absolute atomic E-state index is 12.5. The Labute approximate surface area is 252 Å². The van der Waals surface area contributed by atoms with Crippen molar-refractivity contribution < 1.29 is 9.53 Å². The third kappa shape index (κ3) is 25.9. The molecule has 3 unspecified atom stereocenters. The number of hydrogen-bond donors (Lipinski definition) is 0. The van der Waals surface area contributed by atoms with E-state index in [9.17, 15) is 4.79 Å². The molecular weight excluding hydrogens is 488 g/mol. The minimum atomic E-state index is -0.524. The third-order valence-electron chi connectivity index (χ3n) is 8.66. The van der Waals surface area contributed by atoms with Crippen LogP contribution < -0.4 is 0 Å². The van der Waals surface area contributed by atoms with E-state index in [-0.39, 0.29) is 5.97 Å². The second-order valence-corrected chi connectivity index (χ2v) is 13.7. The maximum atomic E-state index is 12.5. The molecule has 3 atom stereocenters. The van der Waals surface area contributed by atoms with Crippen LogP contribution in [-0.2, 0) is 9.53 Å². The van der Waals surface area contributed by atoms with Gasteiger partial charge in [0.1, 0.15) is 5.60 Å². The fourth-order valence-corrected chi connectivity index (χ4v) is 5.63. The summed E-state index contributed by atoms with van der Waals surface area (Å²) in [7, 11) is 0. The number of ether oxygens (including phenoxy) is 1. The van der Waals surface area contributed by atoms with Crippen LogP contribution in [0.25, 0.3) is 0 Å². The average Bonchev–Trinajstić information content (AvgIpc) is 2.90. The van der Waals surface area contributed by atoms with E-state index in [0.717, 1.165) is 43.4 Å². The number of carbonyl (C=O) groups excluding carboxylic acids is 1. The first-order valence-electron chi connectivity index (χ1n) is 17.7. The van der Waals surface area contributed by atoms with Crippen molar-refractivity contribution in [2.75, 3.05) is 0 Å². The molecule has 0 amide bonds. The standard InChI is InChI=1S/C38H72O2/c1-8-10-11-12-13-14-15-16-17-18-19-20-21-22-23-32-37(39)40-38(7,9-2)33-26-31-36(6)30-25-29-35(5)28-24-27-34(3)4/h9,16-17,34-36H,2,8,10-15,18-33H2,1,3-7H3/b17-16-. The molecule has 0 aromatic rings. The van der Waals surface area contributed by atoms with Crippen LogP contribution in [0.15, 0.2) is 24.8 Å². The van der Waals surface area contributed by atoms with Gasteiger partial charge in [0.25, 0.3) is 0 Å². The topological polar surface area (TPSA) is 26.3 Å². The van der Waals surface area contributed by atoms with Gasteiger partial charge in [0.05, 0.1) is 0 Å². The molecule has 2 nitrogen and oxygen atoms in total. The van der Waals surface area contributed by atoms with Gasteiger partial charge in [0, 0.05) is 6.42 Å². The van der Waals surface area contributed by atoms with Crippen molar-refractivity contribution in [3.05, 3.63) is 24.8 Å². The number of carbonyl (C=O) groups is 1. The number of allylic oxidation sites excluding steroid dienone is 2. The number of esters is 1. The minimum Gasteiger partial charge on any atom is -0.455 e. The lowest BCUT2D eigenvalue weighted by molar-refractivity contribution is -0.154. The lowest BCUT2D eigenvalue weighted by Crippen LogP contribution is -2.29. The molecule has 236 valence electrons. The van der Waals surface area contributed by atoms with Gasteiger partial charge in [-0.05, 0) is 75.7 Å².